The van der Waals surface area contributed by atoms with Crippen molar-refractivity contribution in [2.45, 2.75) is 33.1 Å². The lowest BCUT2D eigenvalue weighted by atomic mass is 9.89. The van der Waals surface area contributed by atoms with Crippen LogP contribution < -0.4 is 4.74 Å². The van der Waals surface area contributed by atoms with Gasteiger partial charge in [0.25, 0.3) is 0 Å². The van der Waals surface area contributed by atoms with Crippen LogP contribution in [0, 0.1) is 26.9 Å². The zero-order chi connectivity index (χ0) is 15.2. The SMILES string of the molecule is CC(C)(C#N)CCCCOc1c(Br)cccc1[N+](=O)[O-]. The summed E-state index contributed by atoms with van der Waals surface area (Å²) in [7, 11) is 0. The molecule has 0 saturated carbocycles. The highest BCUT2D eigenvalue weighted by Crippen LogP contribution is 2.34. The topological polar surface area (TPSA) is 76.2 Å². The third kappa shape index (κ3) is 4.82. The van der Waals surface area contributed by atoms with Crippen LogP contribution in [0.5, 0.6) is 5.75 Å². The molecule has 0 aliphatic carbocycles. The van der Waals surface area contributed by atoms with Crippen molar-refractivity contribution in [3.63, 3.8) is 0 Å². The molecule has 0 aromatic heterocycles. The van der Waals surface area contributed by atoms with Gasteiger partial charge in [0.05, 0.1) is 27.5 Å². The van der Waals surface area contributed by atoms with Gasteiger partial charge in [0.15, 0.2) is 0 Å². The predicted molar refractivity (Wildman–Crippen MR) is 79.5 cm³/mol. The van der Waals surface area contributed by atoms with Crippen LogP contribution >= 0.6 is 15.9 Å². The Morgan fingerprint density at radius 2 is 2.15 bits per heavy atom. The summed E-state index contributed by atoms with van der Waals surface area (Å²) in [4.78, 5) is 10.4. The second-order valence-corrected chi connectivity index (χ2v) is 6.00. The summed E-state index contributed by atoms with van der Waals surface area (Å²) in [6, 6.07) is 6.97. The molecule has 5 nitrogen and oxygen atoms in total. The van der Waals surface area contributed by atoms with Gasteiger partial charge in [-0.1, -0.05) is 6.07 Å². The summed E-state index contributed by atoms with van der Waals surface area (Å²) in [5, 5.41) is 19.8. The number of nitro benzene ring substituents is 1. The van der Waals surface area contributed by atoms with Crippen molar-refractivity contribution in [2.24, 2.45) is 5.41 Å². The third-order valence-corrected chi connectivity index (χ3v) is 3.51. The second kappa shape index (κ2) is 7.25. The van der Waals surface area contributed by atoms with Crippen molar-refractivity contribution < 1.29 is 9.66 Å². The molecule has 1 aromatic rings. The average molecular weight is 341 g/mol. The summed E-state index contributed by atoms with van der Waals surface area (Å²) in [5.41, 5.74) is -0.379. The molecule has 0 unspecified atom stereocenters. The maximum atomic E-state index is 10.9. The number of rotatable bonds is 7. The molecule has 0 fully saturated rings. The van der Waals surface area contributed by atoms with Crippen molar-refractivity contribution in [2.75, 3.05) is 6.61 Å². The number of hydrogen-bond acceptors (Lipinski definition) is 4. The minimum atomic E-state index is -0.459. The summed E-state index contributed by atoms with van der Waals surface area (Å²) in [5.74, 6) is 0.261. The molecule has 108 valence electrons. The average Bonchev–Trinajstić information content (AvgIpc) is 2.39. The molecule has 20 heavy (non-hydrogen) atoms. The van der Waals surface area contributed by atoms with E-state index >= 15 is 0 Å². The van der Waals surface area contributed by atoms with Gasteiger partial charge in [0.1, 0.15) is 0 Å². The number of nitrogens with zero attached hydrogens (tertiary/aromatic N) is 2. The van der Waals surface area contributed by atoms with Crippen LogP contribution in [0.1, 0.15) is 33.1 Å². The molecule has 0 aliphatic heterocycles. The molecule has 0 atom stereocenters. The molecular formula is C14H17BrN2O3. The van der Waals surface area contributed by atoms with Crippen LogP contribution in [0.4, 0.5) is 5.69 Å². The van der Waals surface area contributed by atoms with E-state index in [-0.39, 0.29) is 16.9 Å². The lowest BCUT2D eigenvalue weighted by molar-refractivity contribution is -0.386. The molecule has 1 rings (SSSR count). The highest BCUT2D eigenvalue weighted by atomic mass is 79.9. The van der Waals surface area contributed by atoms with E-state index in [0.717, 1.165) is 19.3 Å². The van der Waals surface area contributed by atoms with Gasteiger partial charge in [-0.3, -0.25) is 10.1 Å². The minimum Gasteiger partial charge on any atom is -0.486 e. The van der Waals surface area contributed by atoms with Gasteiger partial charge < -0.3 is 4.74 Å². The number of hydrogen-bond donors (Lipinski definition) is 0. The number of unbranched alkanes of at least 4 members (excludes halogenated alkanes) is 1. The van der Waals surface area contributed by atoms with Crippen LogP contribution in [0.25, 0.3) is 0 Å². The fraction of sp³-hybridized carbons (Fsp3) is 0.500. The monoisotopic (exact) mass is 340 g/mol. The van der Waals surface area contributed by atoms with Crippen molar-refractivity contribution >= 4 is 21.6 Å². The normalized spacial score (nSPS) is 10.9. The third-order valence-electron chi connectivity index (χ3n) is 2.89. The van der Waals surface area contributed by atoms with Gasteiger partial charge in [-0.25, -0.2) is 0 Å². The molecule has 6 heteroatoms. The summed E-state index contributed by atoms with van der Waals surface area (Å²) >= 11 is 3.26. The Balaban J connectivity index is 2.51. The maximum absolute atomic E-state index is 10.9. The number of benzene rings is 1. The molecule has 0 radical (unpaired) electrons. The Morgan fingerprint density at radius 1 is 1.45 bits per heavy atom. The van der Waals surface area contributed by atoms with E-state index in [1.54, 1.807) is 12.1 Å². The molecule has 0 N–H and O–H groups in total. The van der Waals surface area contributed by atoms with E-state index in [9.17, 15) is 10.1 Å². The lowest BCUT2D eigenvalue weighted by Gasteiger charge is -2.14. The van der Waals surface area contributed by atoms with Gasteiger partial charge >= 0.3 is 5.69 Å². The summed E-state index contributed by atoms with van der Waals surface area (Å²) in [6.07, 6.45) is 2.38. The van der Waals surface area contributed by atoms with E-state index in [4.69, 9.17) is 10.00 Å². The molecule has 1 aromatic carbocycles. The Bertz CT molecular complexity index is 524. The zero-order valence-corrected chi connectivity index (χ0v) is 13.1. The lowest BCUT2D eigenvalue weighted by Crippen LogP contribution is -2.08. The molecule has 0 saturated heterocycles. The minimum absolute atomic E-state index is 0.0447. The fourth-order valence-corrected chi connectivity index (χ4v) is 2.15. The highest BCUT2D eigenvalue weighted by Gasteiger charge is 2.18. The van der Waals surface area contributed by atoms with Gasteiger partial charge in [-0.2, -0.15) is 5.26 Å². The number of nitro groups is 1. The Kier molecular flexibility index (Phi) is 5.96. The van der Waals surface area contributed by atoms with E-state index in [1.165, 1.54) is 6.07 Å². The first-order chi connectivity index (χ1) is 9.37. The first-order valence-electron chi connectivity index (χ1n) is 6.34. The Hall–Kier alpha value is -1.61. The second-order valence-electron chi connectivity index (χ2n) is 5.15. The quantitative estimate of drug-likeness (QED) is 0.417. The standard InChI is InChI=1S/C14H17BrN2O3/c1-14(2,10-16)8-3-4-9-20-13-11(15)6-5-7-12(13)17(18)19/h5-7H,3-4,8-9H2,1-2H3. The Labute approximate surface area is 126 Å². The molecule has 0 amide bonds. The van der Waals surface area contributed by atoms with Crippen LogP contribution in [-0.2, 0) is 0 Å². The van der Waals surface area contributed by atoms with Crippen molar-refractivity contribution in [3.05, 3.63) is 32.8 Å². The number of nitriles is 1. The van der Waals surface area contributed by atoms with Crippen LogP contribution in [0.15, 0.2) is 22.7 Å². The fourth-order valence-electron chi connectivity index (χ4n) is 1.68. The van der Waals surface area contributed by atoms with Crippen LogP contribution in [-0.4, -0.2) is 11.5 Å². The molecular weight excluding hydrogens is 324 g/mol. The van der Waals surface area contributed by atoms with Gasteiger partial charge in [-0.05, 0) is 55.1 Å². The molecule has 0 heterocycles. The van der Waals surface area contributed by atoms with E-state index in [2.05, 4.69) is 22.0 Å². The van der Waals surface area contributed by atoms with E-state index in [0.29, 0.717) is 11.1 Å². The number of halogens is 1. The molecule has 0 bridgehead atoms. The van der Waals surface area contributed by atoms with Gasteiger partial charge in [-0.15, -0.1) is 0 Å². The van der Waals surface area contributed by atoms with E-state index in [1.807, 2.05) is 13.8 Å². The molecule has 0 spiro atoms. The van der Waals surface area contributed by atoms with Crippen molar-refractivity contribution in [1.82, 2.24) is 0 Å². The van der Waals surface area contributed by atoms with Crippen molar-refractivity contribution in [3.8, 4) is 11.8 Å². The smallest absolute Gasteiger partial charge is 0.312 e. The Morgan fingerprint density at radius 3 is 2.75 bits per heavy atom. The van der Waals surface area contributed by atoms with Crippen molar-refractivity contribution in [1.29, 1.82) is 5.26 Å². The number of para-hydroxylation sites is 1. The van der Waals surface area contributed by atoms with Crippen LogP contribution in [0.3, 0.4) is 0 Å². The van der Waals surface area contributed by atoms with Gasteiger partial charge in [0.2, 0.25) is 5.75 Å². The zero-order valence-electron chi connectivity index (χ0n) is 11.6. The summed E-state index contributed by atoms with van der Waals surface area (Å²) in [6.45, 7) is 4.18. The highest BCUT2D eigenvalue weighted by molar-refractivity contribution is 9.10. The van der Waals surface area contributed by atoms with Crippen LogP contribution in [0.2, 0.25) is 0 Å². The van der Waals surface area contributed by atoms with E-state index < -0.39 is 4.92 Å². The maximum Gasteiger partial charge on any atom is 0.312 e. The first kappa shape index (κ1) is 16.4. The predicted octanol–water partition coefficient (Wildman–Crippen LogP) is 4.46. The summed E-state index contributed by atoms with van der Waals surface area (Å²) < 4.78 is 6.08. The first-order valence-corrected chi connectivity index (χ1v) is 7.13. The number of ether oxygens (including phenoxy) is 1. The largest absolute Gasteiger partial charge is 0.486 e. The molecule has 0 aliphatic rings. The van der Waals surface area contributed by atoms with Gasteiger partial charge in [0, 0.05) is 6.07 Å².